The second kappa shape index (κ2) is 10.9. The molecule has 3 heterocycles. The lowest BCUT2D eigenvalue weighted by molar-refractivity contribution is 0.0934. The summed E-state index contributed by atoms with van der Waals surface area (Å²) in [4.78, 5) is 25.0. The minimum absolute atomic E-state index is 0. The van der Waals surface area contributed by atoms with E-state index in [9.17, 15) is 4.79 Å². The Morgan fingerprint density at radius 2 is 2.10 bits per heavy atom. The van der Waals surface area contributed by atoms with E-state index >= 15 is 0 Å². The van der Waals surface area contributed by atoms with Gasteiger partial charge in [-0.1, -0.05) is 24.9 Å². The second-order valence-electron chi connectivity index (χ2n) is 5.97. The van der Waals surface area contributed by atoms with Gasteiger partial charge in [0.15, 0.2) is 5.01 Å². The smallest absolute Gasteiger partial charge is 0.280 e. The molecule has 154 valence electrons. The number of rotatable bonds is 8. The molecule has 0 bridgehead atoms. The first kappa shape index (κ1) is 22.9. The summed E-state index contributed by atoms with van der Waals surface area (Å²) in [6.45, 7) is 2.06. The highest BCUT2D eigenvalue weighted by molar-refractivity contribution is 7.11. The quantitative estimate of drug-likeness (QED) is 0.496. The number of halogens is 2. The lowest BCUT2D eigenvalue weighted by Crippen LogP contribution is -2.28. The number of carbonyl (C=O) groups is 1. The summed E-state index contributed by atoms with van der Waals surface area (Å²) < 4.78 is 5.05. The lowest BCUT2D eigenvalue weighted by Gasteiger charge is -2.19. The van der Waals surface area contributed by atoms with Crippen molar-refractivity contribution in [2.45, 2.75) is 25.8 Å². The van der Waals surface area contributed by atoms with Crippen LogP contribution in [0, 0.1) is 0 Å². The van der Waals surface area contributed by atoms with Crippen LogP contribution in [0.25, 0.3) is 0 Å². The van der Waals surface area contributed by atoms with E-state index in [4.69, 9.17) is 16.3 Å². The van der Waals surface area contributed by atoms with E-state index in [0.29, 0.717) is 21.7 Å². The first-order valence-electron chi connectivity index (χ1n) is 8.73. The Hall–Kier alpha value is -2.42. The van der Waals surface area contributed by atoms with Crippen molar-refractivity contribution in [1.82, 2.24) is 20.3 Å². The maximum atomic E-state index is 12.4. The van der Waals surface area contributed by atoms with Crippen LogP contribution in [0.5, 0.6) is 5.88 Å². The molecule has 3 rings (SSSR count). The number of hydrogen-bond donors (Lipinski definition) is 2. The normalized spacial score (nSPS) is 11.3. The number of pyridine rings is 2. The van der Waals surface area contributed by atoms with E-state index in [1.54, 1.807) is 37.1 Å². The van der Waals surface area contributed by atoms with Crippen LogP contribution < -0.4 is 15.4 Å². The molecule has 0 aromatic carbocycles. The number of aromatic nitrogens is 3. The average Bonchev–Trinajstić information content (AvgIpc) is 3.25. The highest BCUT2D eigenvalue weighted by Crippen LogP contribution is 2.28. The van der Waals surface area contributed by atoms with E-state index < -0.39 is 0 Å². The molecule has 1 atom stereocenters. The van der Waals surface area contributed by atoms with Crippen LogP contribution in [0.2, 0.25) is 5.02 Å². The zero-order valence-electron chi connectivity index (χ0n) is 15.9. The minimum Gasteiger partial charge on any atom is -0.481 e. The van der Waals surface area contributed by atoms with Crippen molar-refractivity contribution in [3.63, 3.8) is 0 Å². The van der Waals surface area contributed by atoms with Crippen LogP contribution in [0.3, 0.4) is 0 Å². The summed E-state index contributed by atoms with van der Waals surface area (Å²) in [6, 6.07) is 5.20. The Balaban J connectivity index is 0.00000300. The first-order valence-corrected chi connectivity index (χ1v) is 9.99. The minimum atomic E-state index is -0.198. The third-order valence-corrected chi connectivity index (χ3v) is 5.04. The third kappa shape index (κ3) is 6.03. The van der Waals surface area contributed by atoms with Gasteiger partial charge in [-0.15, -0.1) is 23.7 Å². The van der Waals surface area contributed by atoms with Crippen LogP contribution >= 0.6 is 35.3 Å². The Morgan fingerprint density at radius 3 is 2.69 bits per heavy atom. The molecule has 0 aliphatic rings. The summed E-state index contributed by atoms with van der Waals surface area (Å²) in [6.07, 6.45) is 6.64. The van der Waals surface area contributed by atoms with Crippen molar-refractivity contribution in [3.8, 4) is 5.88 Å². The van der Waals surface area contributed by atoms with Crippen LogP contribution in [-0.4, -0.2) is 28.0 Å². The Morgan fingerprint density at radius 1 is 1.28 bits per heavy atom. The van der Waals surface area contributed by atoms with E-state index in [0.717, 1.165) is 24.1 Å². The molecule has 10 heteroatoms. The SMILES string of the molecule is CCC[C@@H](NC(=O)c1nccs1)c1cnc(Nc2ccc(OC)nc2)c(Cl)c1.Cl. The molecule has 0 spiro atoms. The molecule has 7 nitrogen and oxygen atoms in total. The molecule has 1 amide bonds. The zero-order chi connectivity index (χ0) is 19.9. The van der Waals surface area contributed by atoms with E-state index in [-0.39, 0.29) is 24.4 Å². The summed E-state index contributed by atoms with van der Waals surface area (Å²) in [5.41, 5.74) is 1.58. The standard InChI is InChI=1S/C19H20ClN5O2S.ClH/c1-3-4-15(25-18(26)19-21-7-8-28-19)12-9-14(20)17(23-10-12)24-13-5-6-16(27-2)22-11-13;/h5-11,15H,3-4H2,1-2H3,(H,23,24)(H,25,26);1H/t15-;/m1./s1. The number of nitrogens with zero attached hydrogens (tertiary/aromatic N) is 3. The van der Waals surface area contributed by atoms with Crippen LogP contribution in [0.15, 0.2) is 42.2 Å². The van der Waals surface area contributed by atoms with Gasteiger partial charge in [-0.2, -0.15) is 0 Å². The fourth-order valence-electron chi connectivity index (χ4n) is 2.61. The maximum absolute atomic E-state index is 12.4. The van der Waals surface area contributed by atoms with Crippen molar-refractivity contribution in [2.75, 3.05) is 12.4 Å². The van der Waals surface area contributed by atoms with Gasteiger partial charge in [-0.3, -0.25) is 4.79 Å². The molecule has 0 fully saturated rings. The lowest BCUT2D eigenvalue weighted by atomic mass is 10.0. The van der Waals surface area contributed by atoms with Gasteiger partial charge in [-0.05, 0) is 24.1 Å². The fraction of sp³-hybridized carbons (Fsp3) is 0.263. The monoisotopic (exact) mass is 453 g/mol. The van der Waals surface area contributed by atoms with E-state index in [1.165, 1.54) is 11.3 Å². The van der Waals surface area contributed by atoms with Gasteiger partial charge >= 0.3 is 0 Å². The van der Waals surface area contributed by atoms with Crippen LogP contribution in [-0.2, 0) is 0 Å². The number of thiazole rings is 1. The Kier molecular flexibility index (Phi) is 8.63. The molecule has 0 radical (unpaired) electrons. The number of nitrogens with one attached hydrogen (secondary N) is 2. The molecule has 29 heavy (non-hydrogen) atoms. The van der Waals surface area contributed by atoms with Crippen molar-refractivity contribution < 1.29 is 9.53 Å². The Labute approximate surface area is 184 Å². The predicted octanol–water partition coefficient (Wildman–Crippen LogP) is 5.03. The molecule has 0 aliphatic heterocycles. The van der Waals surface area contributed by atoms with Gasteiger partial charge < -0.3 is 15.4 Å². The summed E-state index contributed by atoms with van der Waals surface area (Å²) in [5, 5.41) is 8.81. The van der Waals surface area contributed by atoms with Crippen molar-refractivity contribution >= 4 is 52.8 Å². The number of anilines is 2. The van der Waals surface area contributed by atoms with Gasteiger partial charge in [0.05, 0.1) is 30.1 Å². The molecule has 0 saturated heterocycles. The first-order chi connectivity index (χ1) is 13.6. The fourth-order valence-corrected chi connectivity index (χ4v) is 3.37. The van der Waals surface area contributed by atoms with Gasteiger partial charge in [0, 0.05) is 23.8 Å². The molecule has 0 unspecified atom stereocenters. The highest BCUT2D eigenvalue weighted by atomic mass is 35.5. The summed E-state index contributed by atoms with van der Waals surface area (Å²) >= 11 is 7.73. The largest absolute Gasteiger partial charge is 0.481 e. The van der Waals surface area contributed by atoms with Gasteiger partial charge in [0.2, 0.25) is 5.88 Å². The molecular weight excluding hydrogens is 433 g/mol. The third-order valence-electron chi connectivity index (χ3n) is 3.98. The second-order valence-corrected chi connectivity index (χ2v) is 7.27. The number of hydrogen-bond acceptors (Lipinski definition) is 7. The number of amides is 1. The van der Waals surface area contributed by atoms with Gasteiger partial charge in [-0.25, -0.2) is 15.0 Å². The maximum Gasteiger partial charge on any atom is 0.280 e. The molecular formula is C19H21Cl2N5O2S. The van der Waals surface area contributed by atoms with Gasteiger partial charge in [0.1, 0.15) is 5.82 Å². The number of methoxy groups -OCH3 is 1. The topological polar surface area (TPSA) is 89.0 Å². The van der Waals surface area contributed by atoms with Crippen LogP contribution in [0.1, 0.15) is 41.2 Å². The molecule has 0 aliphatic carbocycles. The van der Waals surface area contributed by atoms with E-state index in [2.05, 4.69) is 32.5 Å². The highest BCUT2D eigenvalue weighted by Gasteiger charge is 2.18. The molecule has 3 aromatic rings. The van der Waals surface area contributed by atoms with Gasteiger partial charge in [0.25, 0.3) is 5.91 Å². The van der Waals surface area contributed by atoms with Crippen molar-refractivity contribution in [2.24, 2.45) is 0 Å². The van der Waals surface area contributed by atoms with E-state index in [1.807, 2.05) is 12.1 Å². The van der Waals surface area contributed by atoms with Crippen molar-refractivity contribution in [1.29, 1.82) is 0 Å². The average molecular weight is 454 g/mol. The van der Waals surface area contributed by atoms with Crippen LogP contribution in [0.4, 0.5) is 11.5 Å². The predicted molar refractivity (Wildman–Crippen MR) is 118 cm³/mol. The summed E-state index contributed by atoms with van der Waals surface area (Å²) in [5.74, 6) is 0.841. The summed E-state index contributed by atoms with van der Waals surface area (Å²) in [7, 11) is 1.56. The number of carbonyl (C=O) groups excluding carboxylic acids is 1. The Bertz CT molecular complexity index is 923. The van der Waals surface area contributed by atoms with Crippen molar-refractivity contribution in [3.05, 3.63) is 57.8 Å². The molecule has 3 aromatic heterocycles. The number of ether oxygens (including phenoxy) is 1. The molecule has 2 N–H and O–H groups in total. The molecule has 0 saturated carbocycles. The zero-order valence-corrected chi connectivity index (χ0v) is 18.3.